The highest BCUT2D eigenvalue weighted by Gasteiger charge is 2.20. The van der Waals surface area contributed by atoms with Gasteiger partial charge in [0.1, 0.15) is 0 Å². The highest BCUT2D eigenvalue weighted by Crippen LogP contribution is 2.22. The minimum absolute atomic E-state index is 0.127. The van der Waals surface area contributed by atoms with Crippen molar-refractivity contribution in [3.63, 3.8) is 0 Å². The van der Waals surface area contributed by atoms with Gasteiger partial charge in [-0.1, -0.05) is 36.6 Å². The van der Waals surface area contributed by atoms with E-state index in [1.54, 1.807) is 24.3 Å². The summed E-state index contributed by atoms with van der Waals surface area (Å²) in [6.07, 6.45) is 4.37. The van der Waals surface area contributed by atoms with Gasteiger partial charge in [-0.2, -0.15) is 0 Å². The first-order valence-corrected chi connectivity index (χ1v) is 10.1. The summed E-state index contributed by atoms with van der Waals surface area (Å²) in [5.74, 6) is -0.00977. The molecule has 3 rings (SSSR count). The first-order chi connectivity index (χ1) is 12.6. The molecule has 0 unspecified atom stereocenters. The van der Waals surface area contributed by atoms with Crippen LogP contribution in [0.5, 0.6) is 0 Å². The topological polar surface area (TPSA) is 58.2 Å². The predicted octanol–water partition coefficient (Wildman–Crippen LogP) is 4.74. The molecule has 26 heavy (non-hydrogen) atoms. The molecule has 1 saturated carbocycles. The largest absolute Gasteiger partial charge is 0.349 e. The molecule has 0 aromatic heterocycles. The van der Waals surface area contributed by atoms with Gasteiger partial charge in [-0.05, 0) is 49.2 Å². The molecule has 2 N–H and O–H groups in total. The number of amides is 2. The molecule has 1 aliphatic carbocycles. The summed E-state index contributed by atoms with van der Waals surface area (Å²) < 4.78 is 0. The van der Waals surface area contributed by atoms with Gasteiger partial charge in [0.2, 0.25) is 5.91 Å². The second-order valence-electron chi connectivity index (χ2n) is 6.29. The number of halogens is 1. The fourth-order valence-corrected chi connectivity index (χ4v) is 3.81. The van der Waals surface area contributed by atoms with Crippen molar-refractivity contribution in [3.05, 3.63) is 59.1 Å². The minimum Gasteiger partial charge on any atom is -0.349 e. The van der Waals surface area contributed by atoms with Crippen molar-refractivity contribution in [1.82, 2.24) is 5.32 Å². The van der Waals surface area contributed by atoms with Gasteiger partial charge in [-0.15, -0.1) is 11.8 Å². The molecule has 0 bridgehead atoms. The third-order valence-electron chi connectivity index (χ3n) is 4.32. The zero-order valence-electron chi connectivity index (χ0n) is 14.3. The number of para-hydroxylation sites is 1. The third-order valence-corrected chi connectivity index (χ3v) is 5.58. The number of thioether (sulfide) groups is 1. The number of hydrogen-bond donors (Lipinski definition) is 2. The maximum atomic E-state index is 12.5. The lowest BCUT2D eigenvalue weighted by Crippen LogP contribution is -2.33. The van der Waals surface area contributed by atoms with Crippen molar-refractivity contribution in [2.24, 2.45) is 0 Å². The zero-order valence-corrected chi connectivity index (χ0v) is 15.9. The van der Waals surface area contributed by atoms with Crippen LogP contribution in [-0.4, -0.2) is 23.6 Å². The Labute approximate surface area is 162 Å². The standard InChI is InChI=1S/C20H21ClN2O2S/c21-14-9-11-16(12-10-14)26-13-19(24)23-18-8-4-3-7-17(18)20(25)22-15-5-1-2-6-15/h3-4,7-12,15H,1-2,5-6,13H2,(H,22,25)(H,23,24). The predicted molar refractivity (Wildman–Crippen MR) is 107 cm³/mol. The molecule has 4 nitrogen and oxygen atoms in total. The molecule has 2 aromatic carbocycles. The summed E-state index contributed by atoms with van der Waals surface area (Å²) >= 11 is 7.29. The average Bonchev–Trinajstić information content (AvgIpc) is 3.14. The molecular formula is C20H21ClN2O2S. The van der Waals surface area contributed by atoms with Gasteiger partial charge >= 0.3 is 0 Å². The van der Waals surface area contributed by atoms with Crippen molar-refractivity contribution in [2.75, 3.05) is 11.1 Å². The number of nitrogens with one attached hydrogen (secondary N) is 2. The smallest absolute Gasteiger partial charge is 0.253 e. The van der Waals surface area contributed by atoms with E-state index in [0.717, 1.165) is 30.6 Å². The second-order valence-corrected chi connectivity index (χ2v) is 7.78. The summed E-state index contributed by atoms with van der Waals surface area (Å²) in [7, 11) is 0. The number of benzene rings is 2. The Hall–Kier alpha value is -1.98. The molecule has 136 valence electrons. The van der Waals surface area contributed by atoms with Crippen LogP contribution in [0.3, 0.4) is 0 Å². The van der Waals surface area contributed by atoms with Crippen LogP contribution < -0.4 is 10.6 Å². The van der Waals surface area contributed by atoms with Crippen LogP contribution in [0, 0.1) is 0 Å². The molecule has 0 aliphatic heterocycles. The molecule has 0 radical (unpaired) electrons. The van der Waals surface area contributed by atoms with Gasteiger partial charge in [0.25, 0.3) is 5.91 Å². The fourth-order valence-electron chi connectivity index (χ4n) is 2.99. The lowest BCUT2D eigenvalue weighted by Gasteiger charge is -2.15. The monoisotopic (exact) mass is 388 g/mol. The quantitative estimate of drug-likeness (QED) is 0.702. The summed E-state index contributed by atoms with van der Waals surface area (Å²) in [6, 6.07) is 14.7. The van der Waals surface area contributed by atoms with Gasteiger partial charge in [-0.3, -0.25) is 9.59 Å². The van der Waals surface area contributed by atoms with Crippen molar-refractivity contribution in [1.29, 1.82) is 0 Å². The molecule has 0 heterocycles. The van der Waals surface area contributed by atoms with Crippen molar-refractivity contribution in [3.8, 4) is 0 Å². The summed E-state index contributed by atoms with van der Waals surface area (Å²) in [5.41, 5.74) is 1.05. The first-order valence-electron chi connectivity index (χ1n) is 8.70. The SMILES string of the molecule is O=C(CSc1ccc(Cl)cc1)Nc1ccccc1C(=O)NC1CCCC1. The van der Waals surface area contributed by atoms with E-state index in [-0.39, 0.29) is 23.6 Å². The van der Waals surface area contributed by atoms with E-state index in [9.17, 15) is 9.59 Å². The average molecular weight is 389 g/mol. The van der Waals surface area contributed by atoms with E-state index in [1.165, 1.54) is 11.8 Å². The molecule has 1 aliphatic rings. The summed E-state index contributed by atoms with van der Waals surface area (Å²) in [6.45, 7) is 0. The molecule has 0 spiro atoms. The van der Waals surface area contributed by atoms with Gasteiger partial charge in [0, 0.05) is 16.0 Å². The van der Waals surface area contributed by atoms with Crippen molar-refractivity contribution >= 4 is 40.9 Å². The van der Waals surface area contributed by atoms with Crippen molar-refractivity contribution in [2.45, 2.75) is 36.6 Å². The summed E-state index contributed by atoms with van der Waals surface area (Å²) in [5, 5.41) is 6.58. The number of anilines is 1. The Morgan fingerprint density at radius 3 is 2.46 bits per heavy atom. The maximum absolute atomic E-state index is 12.5. The third kappa shape index (κ3) is 5.26. The maximum Gasteiger partial charge on any atom is 0.253 e. The number of carbonyl (C=O) groups is 2. The molecule has 2 aromatic rings. The Balaban J connectivity index is 1.59. The highest BCUT2D eigenvalue weighted by atomic mass is 35.5. The number of hydrogen-bond acceptors (Lipinski definition) is 3. The number of rotatable bonds is 6. The van der Waals surface area contributed by atoms with Gasteiger partial charge in [0.15, 0.2) is 0 Å². The zero-order chi connectivity index (χ0) is 18.4. The van der Waals surface area contributed by atoms with Gasteiger partial charge in [0.05, 0.1) is 17.0 Å². The molecule has 0 saturated heterocycles. The van der Waals surface area contributed by atoms with Crippen LogP contribution in [0.1, 0.15) is 36.0 Å². The van der Waals surface area contributed by atoms with E-state index in [0.29, 0.717) is 16.3 Å². The first kappa shape index (κ1) is 18.8. The Kier molecular flexibility index (Phi) is 6.58. The lowest BCUT2D eigenvalue weighted by molar-refractivity contribution is -0.113. The Morgan fingerprint density at radius 2 is 1.73 bits per heavy atom. The molecule has 0 atom stereocenters. The van der Waals surface area contributed by atoms with Crippen LogP contribution in [0.2, 0.25) is 5.02 Å². The van der Waals surface area contributed by atoms with E-state index < -0.39 is 0 Å². The Morgan fingerprint density at radius 1 is 1.04 bits per heavy atom. The normalized spacial score (nSPS) is 14.2. The Bertz CT molecular complexity index is 774. The van der Waals surface area contributed by atoms with E-state index in [4.69, 9.17) is 11.6 Å². The van der Waals surface area contributed by atoms with E-state index in [1.807, 2.05) is 24.3 Å². The molecular weight excluding hydrogens is 368 g/mol. The lowest BCUT2D eigenvalue weighted by atomic mass is 10.1. The second kappa shape index (κ2) is 9.10. The van der Waals surface area contributed by atoms with Gasteiger partial charge < -0.3 is 10.6 Å². The molecule has 1 fully saturated rings. The minimum atomic E-state index is -0.147. The van der Waals surface area contributed by atoms with Crippen LogP contribution in [0.25, 0.3) is 0 Å². The molecule has 6 heteroatoms. The number of carbonyl (C=O) groups excluding carboxylic acids is 2. The van der Waals surface area contributed by atoms with Gasteiger partial charge in [-0.25, -0.2) is 0 Å². The van der Waals surface area contributed by atoms with E-state index >= 15 is 0 Å². The van der Waals surface area contributed by atoms with E-state index in [2.05, 4.69) is 10.6 Å². The van der Waals surface area contributed by atoms with Crippen LogP contribution in [-0.2, 0) is 4.79 Å². The van der Waals surface area contributed by atoms with Crippen LogP contribution in [0.4, 0.5) is 5.69 Å². The summed E-state index contributed by atoms with van der Waals surface area (Å²) in [4.78, 5) is 25.8. The highest BCUT2D eigenvalue weighted by molar-refractivity contribution is 8.00. The van der Waals surface area contributed by atoms with Crippen molar-refractivity contribution < 1.29 is 9.59 Å². The van der Waals surface area contributed by atoms with Crippen LogP contribution >= 0.6 is 23.4 Å². The fraction of sp³-hybridized carbons (Fsp3) is 0.300. The molecule has 2 amide bonds. The van der Waals surface area contributed by atoms with Crippen LogP contribution in [0.15, 0.2) is 53.4 Å².